The minimum atomic E-state index is 0.0509. The van der Waals surface area contributed by atoms with Gasteiger partial charge < -0.3 is 15.2 Å². The van der Waals surface area contributed by atoms with Gasteiger partial charge in [0.1, 0.15) is 0 Å². The number of hydrogen-bond acceptors (Lipinski definition) is 4. The van der Waals surface area contributed by atoms with Gasteiger partial charge in [-0.05, 0) is 31.3 Å². The first kappa shape index (κ1) is 13.2. The van der Waals surface area contributed by atoms with Gasteiger partial charge in [-0.1, -0.05) is 6.07 Å². The Morgan fingerprint density at radius 1 is 1.59 bits per heavy atom. The summed E-state index contributed by atoms with van der Waals surface area (Å²) in [6, 6.07) is 5.16. The molecule has 0 fully saturated rings. The molecule has 5 nitrogen and oxygen atoms in total. The van der Waals surface area contributed by atoms with Gasteiger partial charge >= 0.3 is 0 Å². The number of hydrazone groups is 1. The summed E-state index contributed by atoms with van der Waals surface area (Å²) in [6.07, 6.45) is 1.47. The van der Waals surface area contributed by atoms with Gasteiger partial charge in [-0.3, -0.25) is 5.43 Å². The molecule has 1 aromatic rings. The second-order valence-corrected chi connectivity index (χ2v) is 3.54. The maximum absolute atomic E-state index is 9.76. The van der Waals surface area contributed by atoms with E-state index in [1.54, 1.807) is 18.2 Å². The zero-order valence-electron chi connectivity index (χ0n) is 9.73. The lowest BCUT2D eigenvalue weighted by Crippen LogP contribution is -2.31. The molecule has 0 aliphatic carbocycles. The molecule has 1 rings (SSSR count). The highest BCUT2D eigenvalue weighted by Gasteiger charge is 2.04. The minimum Gasteiger partial charge on any atom is -0.504 e. The Morgan fingerprint density at radius 3 is 3.00 bits per heavy atom. The fourth-order valence-corrected chi connectivity index (χ4v) is 1.37. The summed E-state index contributed by atoms with van der Waals surface area (Å²) in [4.78, 5) is 0. The Balaban J connectivity index is 2.68. The van der Waals surface area contributed by atoms with E-state index in [0.29, 0.717) is 16.4 Å². The van der Waals surface area contributed by atoms with Crippen LogP contribution < -0.4 is 15.5 Å². The number of benzene rings is 1. The van der Waals surface area contributed by atoms with E-state index in [0.717, 1.165) is 6.54 Å². The number of hydrogen-bond donors (Lipinski definition) is 3. The molecule has 0 radical (unpaired) electrons. The molecule has 0 heterocycles. The third-order valence-electron chi connectivity index (χ3n) is 1.96. The molecule has 0 saturated heterocycles. The van der Waals surface area contributed by atoms with Crippen molar-refractivity contribution in [1.82, 2.24) is 10.7 Å². The van der Waals surface area contributed by atoms with Crippen molar-refractivity contribution in [3.8, 4) is 11.5 Å². The van der Waals surface area contributed by atoms with Crippen molar-refractivity contribution in [2.24, 2.45) is 5.10 Å². The van der Waals surface area contributed by atoms with Gasteiger partial charge in [-0.25, -0.2) is 0 Å². The highest BCUT2D eigenvalue weighted by atomic mass is 32.1. The number of phenols is 1. The number of methoxy groups -OCH3 is 1. The average Bonchev–Trinajstić information content (AvgIpc) is 2.32. The molecule has 0 bridgehead atoms. The van der Waals surface area contributed by atoms with Crippen LogP contribution in [0, 0.1) is 0 Å². The number of rotatable bonds is 4. The van der Waals surface area contributed by atoms with Crippen molar-refractivity contribution in [1.29, 1.82) is 0 Å². The third kappa shape index (κ3) is 3.92. The van der Waals surface area contributed by atoms with E-state index in [2.05, 4.69) is 15.8 Å². The van der Waals surface area contributed by atoms with E-state index in [4.69, 9.17) is 17.0 Å². The van der Waals surface area contributed by atoms with Crippen LogP contribution in [0.3, 0.4) is 0 Å². The molecule has 0 atom stereocenters. The van der Waals surface area contributed by atoms with E-state index in [1.807, 2.05) is 6.92 Å². The molecule has 0 aliphatic heterocycles. The van der Waals surface area contributed by atoms with Crippen LogP contribution >= 0.6 is 12.2 Å². The molecule has 0 aliphatic rings. The molecular formula is C11H15N3O2S. The van der Waals surface area contributed by atoms with Crippen LogP contribution in [0.5, 0.6) is 11.5 Å². The Morgan fingerprint density at radius 2 is 2.35 bits per heavy atom. The van der Waals surface area contributed by atoms with E-state index >= 15 is 0 Å². The number of ether oxygens (including phenoxy) is 1. The summed E-state index contributed by atoms with van der Waals surface area (Å²) in [5.74, 6) is 0.457. The summed E-state index contributed by atoms with van der Waals surface area (Å²) in [5.41, 5.74) is 3.19. The van der Waals surface area contributed by atoms with Crippen molar-refractivity contribution in [3.05, 3.63) is 23.8 Å². The van der Waals surface area contributed by atoms with E-state index in [9.17, 15) is 5.11 Å². The molecule has 17 heavy (non-hydrogen) atoms. The molecule has 1 aromatic carbocycles. The number of nitrogens with zero attached hydrogens (tertiary/aromatic N) is 1. The van der Waals surface area contributed by atoms with Crippen molar-refractivity contribution >= 4 is 23.5 Å². The lowest BCUT2D eigenvalue weighted by Gasteiger charge is -2.05. The van der Waals surface area contributed by atoms with Crippen molar-refractivity contribution in [2.45, 2.75) is 6.92 Å². The minimum absolute atomic E-state index is 0.0509. The van der Waals surface area contributed by atoms with Gasteiger partial charge in [-0.15, -0.1) is 0 Å². The molecule has 6 heteroatoms. The van der Waals surface area contributed by atoms with Crippen LogP contribution in [0.4, 0.5) is 0 Å². The van der Waals surface area contributed by atoms with Crippen molar-refractivity contribution in [2.75, 3.05) is 13.7 Å². The molecule has 0 unspecified atom stereocenters. The summed E-state index contributed by atoms with van der Waals surface area (Å²) in [7, 11) is 1.49. The molecule has 92 valence electrons. The first-order valence-electron chi connectivity index (χ1n) is 5.12. The zero-order valence-corrected chi connectivity index (χ0v) is 10.5. The molecule has 0 spiro atoms. The summed E-state index contributed by atoms with van der Waals surface area (Å²) in [5, 5.41) is 17.0. The summed E-state index contributed by atoms with van der Waals surface area (Å²) < 4.78 is 4.98. The fourth-order valence-electron chi connectivity index (χ4n) is 1.17. The summed E-state index contributed by atoms with van der Waals surface area (Å²) in [6.45, 7) is 2.66. The van der Waals surface area contributed by atoms with Crippen LogP contribution in [-0.2, 0) is 0 Å². The predicted octanol–water partition coefficient (Wildman–Crippen LogP) is 1.22. The van der Waals surface area contributed by atoms with E-state index in [1.165, 1.54) is 13.3 Å². The smallest absolute Gasteiger partial charge is 0.186 e. The lowest BCUT2D eigenvalue weighted by atomic mass is 10.2. The number of phenolic OH excluding ortho intramolecular Hbond substituents is 1. The normalized spacial score (nSPS) is 10.2. The maximum Gasteiger partial charge on any atom is 0.186 e. The Hall–Kier alpha value is -1.82. The quantitative estimate of drug-likeness (QED) is 0.428. The second-order valence-electron chi connectivity index (χ2n) is 3.13. The topological polar surface area (TPSA) is 65.9 Å². The molecule has 0 amide bonds. The van der Waals surface area contributed by atoms with Gasteiger partial charge in [0, 0.05) is 12.1 Å². The zero-order chi connectivity index (χ0) is 12.7. The van der Waals surface area contributed by atoms with Gasteiger partial charge in [0.05, 0.1) is 13.3 Å². The number of para-hydroxylation sites is 1. The predicted molar refractivity (Wildman–Crippen MR) is 71.7 cm³/mol. The number of nitrogens with one attached hydrogen (secondary N) is 2. The first-order chi connectivity index (χ1) is 8.19. The van der Waals surface area contributed by atoms with Crippen LogP contribution in [0.25, 0.3) is 0 Å². The average molecular weight is 253 g/mol. The SMILES string of the molecule is CCNC(=S)N/N=C/c1cccc(OC)c1O. The lowest BCUT2D eigenvalue weighted by molar-refractivity contribution is 0.373. The Bertz CT molecular complexity index is 421. The van der Waals surface area contributed by atoms with Crippen LogP contribution in [-0.4, -0.2) is 30.1 Å². The standard InChI is InChI=1S/C11H15N3O2S/c1-3-12-11(17)14-13-7-8-5-4-6-9(16-2)10(8)15/h4-7,15H,3H2,1-2H3,(H2,12,14,17)/b13-7+. The molecule has 0 saturated carbocycles. The van der Waals surface area contributed by atoms with Gasteiger partial charge in [0.25, 0.3) is 0 Å². The van der Waals surface area contributed by atoms with Crippen molar-refractivity contribution < 1.29 is 9.84 Å². The molecule has 0 aromatic heterocycles. The van der Waals surface area contributed by atoms with Gasteiger partial charge in [-0.2, -0.15) is 5.10 Å². The van der Waals surface area contributed by atoms with Crippen LogP contribution in [0.15, 0.2) is 23.3 Å². The van der Waals surface area contributed by atoms with Gasteiger partial charge in [0.2, 0.25) is 0 Å². The maximum atomic E-state index is 9.76. The number of thiocarbonyl (C=S) groups is 1. The summed E-state index contributed by atoms with van der Waals surface area (Å²) >= 11 is 4.93. The first-order valence-corrected chi connectivity index (χ1v) is 5.52. The highest BCUT2D eigenvalue weighted by Crippen LogP contribution is 2.27. The third-order valence-corrected chi connectivity index (χ3v) is 2.19. The van der Waals surface area contributed by atoms with Crippen LogP contribution in [0.2, 0.25) is 0 Å². The molecular weight excluding hydrogens is 238 g/mol. The van der Waals surface area contributed by atoms with Gasteiger partial charge in [0.15, 0.2) is 16.6 Å². The molecule has 3 N–H and O–H groups in total. The van der Waals surface area contributed by atoms with E-state index < -0.39 is 0 Å². The Labute approximate surface area is 105 Å². The monoisotopic (exact) mass is 253 g/mol. The number of aromatic hydroxyl groups is 1. The fraction of sp³-hybridized carbons (Fsp3) is 0.273. The second kappa shape index (κ2) is 6.70. The van der Waals surface area contributed by atoms with Crippen LogP contribution in [0.1, 0.15) is 12.5 Å². The highest BCUT2D eigenvalue weighted by molar-refractivity contribution is 7.80. The van der Waals surface area contributed by atoms with Crippen molar-refractivity contribution in [3.63, 3.8) is 0 Å². The Kier molecular flexibility index (Phi) is 5.22. The van der Waals surface area contributed by atoms with E-state index in [-0.39, 0.29) is 5.75 Å². The largest absolute Gasteiger partial charge is 0.504 e.